The van der Waals surface area contributed by atoms with Gasteiger partial charge < -0.3 is 19.9 Å². The Kier molecular flexibility index (Phi) is 11.8. The van der Waals surface area contributed by atoms with Crippen molar-refractivity contribution in [2.45, 2.75) is 40.7 Å². The van der Waals surface area contributed by atoms with Crippen molar-refractivity contribution in [3.05, 3.63) is 52.9 Å². The number of nitrogens with zero attached hydrogens (tertiary/aromatic N) is 2. The van der Waals surface area contributed by atoms with E-state index in [1.54, 1.807) is 0 Å². The number of rotatable bonds is 10. The van der Waals surface area contributed by atoms with E-state index in [0.717, 1.165) is 43.5 Å². The Morgan fingerprint density at radius 3 is 2.61 bits per heavy atom. The van der Waals surface area contributed by atoms with Crippen LogP contribution in [0, 0.1) is 19.8 Å². The highest BCUT2D eigenvalue weighted by atomic mass is 127. The fourth-order valence-electron chi connectivity index (χ4n) is 2.76. The molecular weight excluding hydrogens is 467 g/mol. The molecule has 1 atom stereocenters. The summed E-state index contributed by atoms with van der Waals surface area (Å²) in [6.45, 7) is 11.8. The largest absolute Gasteiger partial charge is 0.376 e. The number of hydrogen-bond acceptors (Lipinski definition) is 4. The lowest BCUT2D eigenvalue weighted by Crippen LogP contribution is -2.38. The number of aliphatic imine (C=N–C) groups is 1. The number of ether oxygens (including phenoxy) is 1. The van der Waals surface area contributed by atoms with Gasteiger partial charge in [-0.3, -0.25) is 4.99 Å². The lowest BCUT2D eigenvalue weighted by molar-refractivity contribution is 0.0945. The monoisotopic (exact) mass is 500 g/mol. The molecule has 28 heavy (non-hydrogen) atoms. The Morgan fingerprint density at radius 2 is 1.96 bits per heavy atom. The molecule has 0 radical (unpaired) electrons. The Bertz CT molecular complexity index is 684. The molecule has 6 nitrogen and oxygen atoms in total. The van der Waals surface area contributed by atoms with Crippen LogP contribution in [0.2, 0.25) is 0 Å². The van der Waals surface area contributed by atoms with Crippen molar-refractivity contribution in [1.29, 1.82) is 0 Å². The zero-order valence-electron chi connectivity index (χ0n) is 17.3. The molecule has 0 bridgehead atoms. The molecule has 1 aromatic carbocycles. The third kappa shape index (κ3) is 8.60. The van der Waals surface area contributed by atoms with Crippen LogP contribution in [-0.2, 0) is 17.8 Å². The predicted molar refractivity (Wildman–Crippen MR) is 124 cm³/mol. The summed E-state index contributed by atoms with van der Waals surface area (Å²) in [5.41, 5.74) is 3.32. The zero-order chi connectivity index (χ0) is 19.5. The summed E-state index contributed by atoms with van der Waals surface area (Å²) in [6, 6.07) is 10.2. The minimum absolute atomic E-state index is 0. The standard InChI is InChI=1S/C21H32N4O2.HI/c1-5-22-21(23-12-11-20-17(3)25-27-18(20)4)24-13-16(2)14-26-15-19-9-7-6-8-10-19;/h6-10,16H,5,11-15H2,1-4H3,(H2,22,23,24);1H. The summed E-state index contributed by atoms with van der Waals surface area (Å²) < 4.78 is 11.0. The topological polar surface area (TPSA) is 71.7 Å². The Balaban J connectivity index is 0.00000392. The number of aromatic nitrogens is 1. The van der Waals surface area contributed by atoms with Crippen molar-refractivity contribution >= 4 is 29.9 Å². The number of benzene rings is 1. The fraction of sp³-hybridized carbons (Fsp3) is 0.524. The van der Waals surface area contributed by atoms with Crippen molar-refractivity contribution in [3.63, 3.8) is 0 Å². The summed E-state index contributed by atoms with van der Waals surface area (Å²) >= 11 is 0. The predicted octanol–water partition coefficient (Wildman–Crippen LogP) is 3.86. The first-order valence-corrected chi connectivity index (χ1v) is 9.65. The summed E-state index contributed by atoms with van der Waals surface area (Å²) in [7, 11) is 0. The first-order valence-electron chi connectivity index (χ1n) is 9.65. The van der Waals surface area contributed by atoms with Crippen LogP contribution < -0.4 is 10.6 Å². The van der Waals surface area contributed by atoms with Crippen molar-refractivity contribution in [2.24, 2.45) is 10.9 Å². The van der Waals surface area contributed by atoms with E-state index in [1.807, 2.05) is 32.0 Å². The molecular formula is C21H33IN4O2. The summed E-state index contributed by atoms with van der Waals surface area (Å²) in [6.07, 6.45) is 0.862. The molecule has 0 saturated heterocycles. The first kappa shape index (κ1) is 24.4. The molecule has 0 fully saturated rings. The highest BCUT2D eigenvalue weighted by molar-refractivity contribution is 14.0. The fourth-order valence-corrected chi connectivity index (χ4v) is 2.76. The maximum atomic E-state index is 5.80. The number of hydrogen-bond donors (Lipinski definition) is 2. The van der Waals surface area contributed by atoms with E-state index in [1.165, 1.54) is 11.1 Å². The highest BCUT2D eigenvalue weighted by Gasteiger charge is 2.09. The van der Waals surface area contributed by atoms with Gasteiger partial charge in [0.25, 0.3) is 0 Å². The van der Waals surface area contributed by atoms with Crippen molar-refractivity contribution in [2.75, 3.05) is 26.2 Å². The van der Waals surface area contributed by atoms with Crippen LogP contribution in [0.4, 0.5) is 0 Å². The van der Waals surface area contributed by atoms with Crippen molar-refractivity contribution in [3.8, 4) is 0 Å². The van der Waals surface area contributed by atoms with E-state index >= 15 is 0 Å². The second-order valence-corrected chi connectivity index (χ2v) is 6.81. The lowest BCUT2D eigenvalue weighted by atomic mass is 10.1. The van der Waals surface area contributed by atoms with E-state index in [0.29, 0.717) is 19.1 Å². The molecule has 156 valence electrons. The van der Waals surface area contributed by atoms with Gasteiger partial charge in [0.1, 0.15) is 5.76 Å². The molecule has 0 aliphatic carbocycles. The van der Waals surface area contributed by atoms with Gasteiger partial charge in [-0.2, -0.15) is 0 Å². The average Bonchev–Trinajstić information content (AvgIpc) is 2.99. The van der Waals surface area contributed by atoms with Gasteiger partial charge in [-0.1, -0.05) is 42.4 Å². The Labute approximate surface area is 185 Å². The van der Waals surface area contributed by atoms with E-state index in [9.17, 15) is 0 Å². The second-order valence-electron chi connectivity index (χ2n) is 6.81. The van der Waals surface area contributed by atoms with Crippen molar-refractivity contribution in [1.82, 2.24) is 15.8 Å². The molecule has 0 amide bonds. The van der Waals surface area contributed by atoms with Crippen LogP contribution >= 0.6 is 24.0 Å². The van der Waals surface area contributed by atoms with Crippen LogP contribution in [0.3, 0.4) is 0 Å². The number of nitrogens with one attached hydrogen (secondary N) is 2. The quantitative estimate of drug-likeness (QED) is 0.295. The molecule has 1 unspecified atom stereocenters. The van der Waals surface area contributed by atoms with Gasteiger partial charge in [-0.15, -0.1) is 24.0 Å². The smallest absolute Gasteiger partial charge is 0.191 e. The Morgan fingerprint density at radius 1 is 1.21 bits per heavy atom. The molecule has 2 aromatic rings. The second kappa shape index (κ2) is 13.5. The molecule has 0 spiro atoms. The van der Waals surface area contributed by atoms with E-state index in [2.05, 4.69) is 46.8 Å². The molecule has 0 aliphatic heterocycles. The van der Waals surface area contributed by atoms with Crippen LogP contribution in [0.25, 0.3) is 0 Å². The van der Waals surface area contributed by atoms with Gasteiger partial charge >= 0.3 is 0 Å². The molecule has 0 saturated carbocycles. The van der Waals surface area contributed by atoms with Crippen LogP contribution in [0.5, 0.6) is 0 Å². The van der Waals surface area contributed by atoms with E-state index < -0.39 is 0 Å². The molecule has 2 N–H and O–H groups in total. The van der Waals surface area contributed by atoms with Crippen molar-refractivity contribution < 1.29 is 9.26 Å². The maximum absolute atomic E-state index is 5.80. The lowest BCUT2D eigenvalue weighted by Gasteiger charge is -2.14. The number of aryl methyl sites for hydroxylation is 2. The molecule has 2 rings (SSSR count). The number of halogens is 1. The normalized spacial score (nSPS) is 12.4. The minimum atomic E-state index is 0. The van der Waals surface area contributed by atoms with Gasteiger partial charge in [0.05, 0.1) is 18.9 Å². The minimum Gasteiger partial charge on any atom is -0.376 e. The highest BCUT2D eigenvalue weighted by Crippen LogP contribution is 2.12. The van der Waals surface area contributed by atoms with Gasteiger partial charge in [-0.05, 0) is 38.7 Å². The Hall–Kier alpha value is -1.61. The summed E-state index contributed by atoms with van der Waals surface area (Å²) in [5.74, 6) is 2.08. The molecule has 1 aromatic heterocycles. The zero-order valence-corrected chi connectivity index (χ0v) is 19.7. The van der Waals surface area contributed by atoms with E-state index in [-0.39, 0.29) is 24.0 Å². The molecule has 1 heterocycles. The van der Waals surface area contributed by atoms with E-state index in [4.69, 9.17) is 9.26 Å². The van der Waals surface area contributed by atoms with Gasteiger partial charge in [0.2, 0.25) is 0 Å². The number of guanidine groups is 1. The third-order valence-electron chi connectivity index (χ3n) is 4.27. The van der Waals surface area contributed by atoms with Gasteiger partial charge in [0, 0.05) is 25.2 Å². The molecule has 7 heteroatoms. The van der Waals surface area contributed by atoms with Gasteiger partial charge in [0.15, 0.2) is 5.96 Å². The maximum Gasteiger partial charge on any atom is 0.191 e. The summed E-state index contributed by atoms with van der Waals surface area (Å²) in [5, 5.41) is 10.7. The first-order chi connectivity index (χ1) is 13.1. The van der Waals surface area contributed by atoms with Crippen LogP contribution in [-0.4, -0.2) is 37.4 Å². The third-order valence-corrected chi connectivity index (χ3v) is 4.27. The molecule has 0 aliphatic rings. The van der Waals surface area contributed by atoms with Gasteiger partial charge in [-0.25, -0.2) is 0 Å². The van der Waals surface area contributed by atoms with Crippen LogP contribution in [0.1, 0.15) is 36.4 Å². The summed E-state index contributed by atoms with van der Waals surface area (Å²) in [4.78, 5) is 4.68. The SMILES string of the molecule is CCNC(=NCC(C)COCc1ccccc1)NCCc1c(C)noc1C.I. The average molecular weight is 500 g/mol. The van der Waals surface area contributed by atoms with Crippen LogP contribution in [0.15, 0.2) is 39.8 Å².